The van der Waals surface area contributed by atoms with E-state index < -0.39 is 0 Å². The van der Waals surface area contributed by atoms with E-state index in [0.717, 1.165) is 32.8 Å². The van der Waals surface area contributed by atoms with Crippen molar-refractivity contribution in [3.63, 3.8) is 0 Å². The minimum absolute atomic E-state index is 0.0448. The highest BCUT2D eigenvalue weighted by atomic mass is 32.2. The quantitative estimate of drug-likeness (QED) is 0.193. The average Bonchev–Trinajstić information content (AvgIpc) is 3.17. The second-order valence-electron chi connectivity index (χ2n) is 7.13. The normalized spacial score (nSPS) is 11.2. The monoisotopic (exact) mass is 436 g/mol. The topological polar surface area (TPSA) is 42.9 Å². The molecule has 0 fully saturated rings. The van der Waals surface area contributed by atoms with Crippen LogP contribution in [0.3, 0.4) is 0 Å². The molecule has 0 saturated carbocycles. The first kappa shape index (κ1) is 20.7. The van der Waals surface area contributed by atoms with E-state index in [1.807, 2.05) is 6.92 Å². The average molecular weight is 437 g/mol. The third-order valence-electron chi connectivity index (χ3n) is 5.01. The molecule has 0 atom stereocenters. The van der Waals surface area contributed by atoms with Crippen LogP contribution < -0.4 is 0 Å². The van der Waals surface area contributed by atoms with Gasteiger partial charge in [-0.1, -0.05) is 43.0 Å². The zero-order chi connectivity index (χ0) is 21.3. The second-order valence-corrected chi connectivity index (χ2v) is 8.95. The van der Waals surface area contributed by atoms with Crippen LogP contribution in [0.15, 0.2) is 52.9 Å². The fourth-order valence-electron chi connectivity index (χ4n) is 3.28. The maximum Gasteiger partial charge on any atom is 0.173 e. The lowest BCUT2D eigenvalue weighted by Crippen LogP contribution is -2.04. The van der Waals surface area contributed by atoms with E-state index in [1.54, 1.807) is 24.3 Å². The number of carbonyl (C=O) groups is 1. The van der Waals surface area contributed by atoms with Crippen molar-refractivity contribution in [1.82, 2.24) is 9.97 Å². The summed E-state index contributed by atoms with van der Waals surface area (Å²) in [6, 6.07) is 13.0. The standard InChI is InChI=1S/C24H21FN2OS2/c1-4-16-5-7-17(8-6-16)19-12-29-23-22(19)24(27-15(3)26-23)30-13-21(28)18-9-10-20(25)14(2)11-18/h5-12H,4,13H2,1-3H3. The molecule has 2 aromatic carbocycles. The van der Waals surface area contributed by atoms with E-state index in [1.165, 1.54) is 29.5 Å². The van der Waals surface area contributed by atoms with Gasteiger partial charge in [-0.3, -0.25) is 4.79 Å². The number of rotatable bonds is 6. The number of benzene rings is 2. The van der Waals surface area contributed by atoms with Crippen molar-refractivity contribution in [1.29, 1.82) is 0 Å². The summed E-state index contributed by atoms with van der Waals surface area (Å²) >= 11 is 3.00. The Bertz CT molecular complexity index is 1230. The van der Waals surface area contributed by atoms with Crippen molar-refractivity contribution in [2.75, 3.05) is 5.75 Å². The van der Waals surface area contributed by atoms with E-state index in [9.17, 15) is 9.18 Å². The first-order valence-electron chi connectivity index (χ1n) is 9.73. The van der Waals surface area contributed by atoms with E-state index >= 15 is 0 Å². The van der Waals surface area contributed by atoms with E-state index in [2.05, 4.69) is 46.5 Å². The third-order valence-corrected chi connectivity index (χ3v) is 6.85. The molecule has 4 aromatic rings. The summed E-state index contributed by atoms with van der Waals surface area (Å²) in [6.07, 6.45) is 0.999. The Kier molecular flexibility index (Phi) is 5.97. The largest absolute Gasteiger partial charge is 0.293 e. The lowest BCUT2D eigenvalue weighted by atomic mass is 10.0. The molecule has 0 spiro atoms. The number of hydrogen-bond donors (Lipinski definition) is 0. The van der Waals surface area contributed by atoms with Gasteiger partial charge in [-0.05, 0) is 55.2 Å². The Labute approximate surface area is 183 Å². The smallest absolute Gasteiger partial charge is 0.173 e. The summed E-state index contributed by atoms with van der Waals surface area (Å²) in [5, 5.41) is 3.90. The highest BCUT2D eigenvalue weighted by Gasteiger charge is 2.17. The lowest BCUT2D eigenvalue weighted by molar-refractivity contribution is 0.102. The number of hydrogen-bond acceptors (Lipinski definition) is 5. The van der Waals surface area contributed by atoms with Gasteiger partial charge in [-0.25, -0.2) is 14.4 Å². The molecule has 0 aliphatic carbocycles. The zero-order valence-electron chi connectivity index (χ0n) is 17.0. The number of halogens is 1. The molecule has 3 nitrogen and oxygen atoms in total. The van der Waals surface area contributed by atoms with E-state index in [0.29, 0.717) is 17.0 Å². The van der Waals surface area contributed by atoms with Gasteiger partial charge < -0.3 is 0 Å². The molecule has 30 heavy (non-hydrogen) atoms. The van der Waals surface area contributed by atoms with Crippen LogP contribution in [0, 0.1) is 19.7 Å². The molecule has 0 radical (unpaired) electrons. The van der Waals surface area contributed by atoms with Crippen LogP contribution >= 0.6 is 23.1 Å². The number of fused-ring (bicyclic) bond motifs is 1. The van der Waals surface area contributed by atoms with Gasteiger partial charge in [0.15, 0.2) is 5.78 Å². The zero-order valence-corrected chi connectivity index (χ0v) is 18.7. The van der Waals surface area contributed by atoms with Gasteiger partial charge in [-0.15, -0.1) is 11.3 Å². The molecule has 0 N–H and O–H groups in total. The van der Waals surface area contributed by atoms with Gasteiger partial charge in [0.1, 0.15) is 21.5 Å². The first-order valence-corrected chi connectivity index (χ1v) is 11.6. The molecule has 152 valence electrons. The highest BCUT2D eigenvalue weighted by Crippen LogP contribution is 2.38. The number of aryl methyl sites for hydroxylation is 3. The second kappa shape index (κ2) is 8.66. The number of ketones is 1. The summed E-state index contributed by atoms with van der Waals surface area (Å²) in [6.45, 7) is 5.67. The van der Waals surface area contributed by atoms with Gasteiger partial charge in [0.25, 0.3) is 0 Å². The molecule has 4 rings (SSSR count). The molecule has 2 aromatic heterocycles. The van der Waals surface area contributed by atoms with Crippen LogP contribution in [-0.4, -0.2) is 21.5 Å². The molecule has 0 unspecified atom stereocenters. The lowest BCUT2D eigenvalue weighted by Gasteiger charge is -2.08. The molecule has 0 saturated heterocycles. The Morgan fingerprint density at radius 2 is 1.87 bits per heavy atom. The number of carbonyl (C=O) groups excluding carboxylic acids is 1. The van der Waals surface area contributed by atoms with Gasteiger partial charge >= 0.3 is 0 Å². The summed E-state index contributed by atoms with van der Waals surface area (Å²) < 4.78 is 13.5. The van der Waals surface area contributed by atoms with Crippen molar-refractivity contribution in [2.24, 2.45) is 0 Å². The SMILES string of the molecule is CCc1ccc(-c2csc3nc(C)nc(SCC(=O)c4ccc(F)c(C)c4)c23)cc1. The van der Waals surface area contributed by atoms with Crippen molar-refractivity contribution in [2.45, 2.75) is 32.2 Å². The fourth-order valence-corrected chi connectivity index (χ4v) is 5.32. The van der Waals surface area contributed by atoms with Crippen molar-refractivity contribution < 1.29 is 9.18 Å². The van der Waals surface area contributed by atoms with E-state index in [-0.39, 0.29) is 17.4 Å². The van der Waals surface area contributed by atoms with Crippen molar-refractivity contribution in [3.8, 4) is 11.1 Å². The van der Waals surface area contributed by atoms with Crippen LogP contribution in [-0.2, 0) is 6.42 Å². The minimum atomic E-state index is -0.302. The number of Topliss-reactive ketones (excluding diaryl/α,β-unsaturated/α-hetero) is 1. The number of aromatic nitrogens is 2. The Hall–Kier alpha value is -2.57. The van der Waals surface area contributed by atoms with Gasteiger partial charge in [0, 0.05) is 16.5 Å². The highest BCUT2D eigenvalue weighted by molar-refractivity contribution is 8.00. The van der Waals surface area contributed by atoms with Gasteiger partial charge in [-0.2, -0.15) is 0 Å². The predicted octanol–water partition coefficient (Wildman–Crippen LogP) is 6.65. The molecule has 2 heterocycles. The Morgan fingerprint density at radius 3 is 2.57 bits per heavy atom. The van der Waals surface area contributed by atoms with Crippen molar-refractivity contribution >= 4 is 39.1 Å². The number of thiophene rings is 1. The summed E-state index contributed by atoms with van der Waals surface area (Å²) in [5.74, 6) is 0.575. The summed E-state index contributed by atoms with van der Waals surface area (Å²) in [4.78, 5) is 22.8. The minimum Gasteiger partial charge on any atom is -0.293 e. The van der Waals surface area contributed by atoms with E-state index in [4.69, 9.17) is 0 Å². The Morgan fingerprint density at radius 1 is 1.10 bits per heavy atom. The van der Waals surface area contributed by atoms with Crippen LogP contribution in [0.25, 0.3) is 21.3 Å². The molecule has 0 amide bonds. The van der Waals surface area contributed by atoms with Crippen LogP contribution in [0.5, 0.6) is 0 Å². The molecule has 6 heteroatoms. The van der Waals surface area contributed by atoms with Crippen LogP contribution in [0.1, 0.15) is 34.2 Å². The molecule has 0 bridgehead atoms. The third kappa shape index (κ3) is 4.16. The molecule has 0 aliphatic rings. The summed E-state index contributed by atoms with van der Waals surface area (Å²) in [7, 11) is 0. The molecular formula is C24H21FN2OS2. The number of thioether (sulfide) groups is 1. The Balaban J connectivity index is 1.66. The molecule has 0 aliphatic heterocycles. The maximum absolute atomic E-state index is 13.5. The maximum atomic E-state index is 13.5. The van der Waals surface area contributed by atoms with Crippen LogP contribution in [0.4, 0.5) is 4.39 Å². The summed E-state index contributed by atoms with van der Waals surface area (Å²) in [5.41, 5.74) is 4.49. The van der Waals surface area contributed by atoms with Gasteiger partial charge in [0.2, 0.25) is 0 Å². The van der Waals surface area contributed by atoms with Crippen LogP contribution in [0.2, 0.25) is 0 Å². The molecular weight excluding hydrogens is 415 g/mol. The first-order chi connectivity index (χ1) is 14.5. The van der Waals surface area contributed by atoms with Gasteiger partial charge in [0.05, 0.1) is 11.1 Å². The predicted molar refractivity (Wildman–Crippen MR) is 123 cm³/mol. The fraction of sp³-hybridized carbons (Fsp3) is 0.208. The van der Waals surface area contributed by atoms with Crippen molar-refractivity contribution in [3.05, 3.63) is 76.2 Å². The number of nitrogens with zero attached hydrogens (tertiary/aromatic N) is 2.